The summed E-state index contributed by atoms with van der Waals surface area (Å²) in [5.41, 5.74) is 5.18. The summed E-state index contributed by atoms with van der Waals surface area (Å²) in [7, 11) is 1.94. The molecule has 4 aromatic rings. The molecule has 1 fully saturated rings. The summed E-state index contributed by atoms with van der Waals surface area (Å²) >= 11 is 0. The van der Waals surface area contributed by atoms with Crippen molar-refractivity contribution < 1.29 is 4.39 Å². The number of benzene rings is 1. The molecule has 1 saturated heterocycles. The third-order valence-electron chi connectivity index (χ3n) is 7.68. The Hall–Kier alpha value is -3.94. The number of aromatic nitrogens is 5. The van der Waals surface area contributed by atoms with Crippen LogP contribution < -0.4 is 5.32 Å². The van der Waals surface area contributed by atoms with Gasteiger partial charge in [-0.2, -0.15) is 10.4 Å². The lowest BCUT2D eigenvalue weighted by atomic mass is 10.0. The molecule has 0 unspecified atom stereocenters. The number of nitriles is 1. The van der Waals surface area contributed by atoms with Crippen LogP contribution in [0, 0.1) is 23.1 Å². The maximum atomic E-state index is 14.9. The predicted molar refractivity (Wildman–Crippen MR) is 148 cm³/mol. The molecule has 6 rings (SSSR count). The van der Waals surface area contributed by atoms with Crippen LogP contribution in [-0.4, -0.2) is 67.3 Å². The number of nitrogens with zero attached hydrogens (tertiary/aromatic N) is 8. The molecule has 2 aliphatic rings. The van der Waals surface area contributed by atoms with Crippen molar-refractivity contribution in [1.29, 1.82) is 5.26 Å². The molecule has 0 amide bonds. The molecule has 2 aliphatic heterocycles. The molecule has 1 aromatic carbocycles. The van der Waals surface area contributed by atoms with Gasteiger partial charge in [0.25, 0.3) is 0 Å². The second-order valence-electron chi connectivity index (χ2n) is 10.8. The lowest BCUT2D eigenvalue weighted by Crippen LogP contribution is -2.49. The van der Waals surface area contributed by atoms with Gasteiger partial charge < -0.3 is 5.32 Å². The Bertz CT molecular complexity index is 1570. The number of fused-ring (bicyclic) bond motifs is 2. The van der Waals surface area contributed by atoms with Gasteiger partial charge in [0.2, 0.25) is 5.95 Å². The van der Waals surface area contributed by atoms with Crippen molar-refractivity contribution in [3.8, 4) is 17.3 Å². The first-order valence-corrected chi connectivity index (χ1v) is 13.5. The standard InChI is InChI=1S/C29H32FN9/c1-18(2)28-22-12-20(4-6-25(22)36-37(28)3)27-23(30)14-32-29(35-27)34-26-7-5-21-17-38(9-8-24(21)33-26)10-11-39-15-19(13-31)16-39/h4-7,12,14,18-19H,8-11,15-17H2,1-3H3,(H,32,33,34,35). The van der Waals surface area contributed by atoms with E-state index in [1.54, 1.807) is 0 Å². The van der Waals surface area contributed by atoms with Crippen LogP contribution >= 0.6 is 0 Å². The van der Waals surface area contributed by atoms with E-state index in [0.717, 1.165) is 68.0 Å². The Labute approximate surface area is 227 Å². The average molecular weight is 526 g/mol. The fraction of sp³-hybridized carbons (Fsp3) is 0.414. The number of hydrogen-bond acceptors (Lipinski definition) is 8. The van der Waals surface area contributed by atoms with Gasteiger partial charge in [0.05, 0.1) is 23.7 Å². The van der Waals surface area contributed by atoms with E-state index in [2.05, 4.69) is 56.2 Å². The summed E-state index contributed by atoms with van der Waals surface area (Å²) < 4.78 is 16.8. The highest BCUT2D eigenvalue weighted by Gasteiger charge is 2.27. The van der Waals surface area contributed by atoms with Crippen molar-refractivity contribution in [3.63, 3.8) is 0 Å². The fourth-order valence-electron chi connectivity index (χ4n) is 5.65. The van der Waals surface area contributed by atoms with Crippen molar-refractivity contribution in [2.75, 3.05) is 38.0 Å². The third kappa shape index (κ3) is 5.07. The van der Waals surface area contributed by atoms with Gasteiger partial charge in [0.1, 0.15) is 11.5 Å². The molecular weight excluding hydrogens is 493 g/mol. The highest BCUT2D eigenvalue weighted by molar-refractivity contribution is 5.86. The van der Waals surface area contributed by atoms with Gasteiger partial charge >= 0.3 is 0 Å². The zero-order chi connectivity index (χ0) is 27.1. The van der Waals surface area contributed by atoms with Crippen LogP contribution in [0.15, 0.2) is 36.5 Å². The summed E-state index contributed by atoms with van der Waals surface area (Å²) in [5.74, 6) is 0.952. The molecule has 10 heteroatoms. The first kappa shape index (κ1) is 25.3. The van der Waals surface area contributed by atoms with Crippen molar-refractivity contribution in [2.24, 2.45) is 13.0 Å². The Morgan fingerprint density at radius 1 is 1.13 bits per heavy atom. The number of aryl methyl sites for hydroxylation is 1. The zero-order valence-electron chi connectivity index (χ0n) is 22.5. The monoisotopic (exact) mass is 525 g/mol. The molecule has 39 heavy (non-hydrogen) atoms. The van der Waals surface area contributed by atoms with Gasteiger partial charge in [-0.3, -0.25) is 14.5 Å². The highest BCUT2D eigenvalue weighted by Crippen LogP contribution is 2.30. The average Bonchev–Trinajstić information content (AvgIpc) is 3.24. The summed E-state index contributed by atoms with van der Waals surface area (Å²) in [6.45, 7) is 9.83. The van der Waals surface area contributed by atoms with Crippen molar-refractivity contribution >= 4 is 22.7 Å². The number of likely N-dealkylation sites (tertiary alicyclic amines) is 1. The first-order chi connectivity index (χ1) is 18.9. The summed E-state index contributed by atoms with van der Waals surface area (Å²) in [5, 5.41) is 17.7. The Balaban J connectivity index is 1.16. The zero-order valence-corrected chi connectivity index (χ0v) is 22.5. The van der Waals surface area contributed by atoms with Crippen molar-refractivity contribution in [2.45, 2.75) is 32.7 Å². The molecule has 0 radical (unpaired) electrons. The molecule has 0 saturated carbocycles. The van der Waals surface area contributed by atoms with E-state index in [-0.39, 0.29) is 17.5 Å². The predicted octanol–water partition coefficient (Wildman–Crippen LogP) is 4.24. The van der Waals surface area contributed by atoms with Crippen LogP contribution in [0.2, 0.25) is 0 Å². The van der Waals surface area contributed by atoms with Crippen LogP contribution in [-0.2, 0) is 20.0 Å². The third-order valence-corrected chi connectivity index (χ3v) is 7.68. The van der Waals surface area contributed by atoms with Gasteiger partial charge in [-0.1, -0.05) is 26.0 Å². The van der Waals surface area contributed by atoms with Crippen LogP contribution in [0.25, 0.3) is 22.2 Å². The van der Waals surface area contributed by atoms with E-state index in [1.165, 1.54) is 11.8 Å². The van der Waals surface area contributed by atoms with Crippen molar-refractivity contribution in [1.82, 2.24) is 34.5 Å². The number of halogens is 1. The molecule has 200 valence electrons. The smallest absolute Gasteiger partial charge is 0.229 e. The highest BCUT2D eigenvalue weighted by atomic mass is 19.1. The first-order valence-electron chi connectivity index (χ1n) is 13.5. The minimum atomic E-state index is -0.477. The number of hydrogen-bond donors (Lipinski definition) is 1. The van der Waals surface area contributed by atoms with E-state index in [0.29, 0.717) is 17.3 Å². The molecule has 1 N–H and O–H groups in total. The number of rotatable bonds is 7. The quantitative estimate of drug-likeness (QED) is 0.383. The minimum Gasteiger partial charge on any atom is -0.309 e. The molecule has 3 aromatic heterocycles. The maximum absolute atomic E-state index is 14.9. The number of anilines is 2. The fourth-order valence-corrected chi connectivity index (χ4v) is 5.65. The van der Waals surface area contributed by atoms with E-state index in [9.17, 15) is 4.39 Å². The Morgan fingerprint density at radius 3 is 2.74 bits per heavy atom. The number of nitrogens with one attached hydrogen (secondary N) is 1. The van der Waals surface area contributed by atoms with E-state index < -0.39 is 5.82 Å². The SMILES string of the molecule is CC(C)c1c2cc(-c3nc(Nc4ccc5c(n4)CCN(CCN4CC(C#N)C4)C5)ncc3F)ccc2nn1C. The molecule has 9 nitrogen and oxygen atoms in total. The van der Waals surface area contributed by atoms with Crippen LogP contribution in [0.3, 0.4) is 0 Å². The van der Waals surface area contributed by atoms with E-state index >= 15 is 0 Å². The lowest BCUT2D eigenvalue weighted by Gasteiger charge is -2.37. The van der Waals surface area contributed by atoms with Gasteiger partial charge in [0.15, 0.2) is 5.82 Å². The largest absolute Gasteiger partial charge is 0.309 e. The van der Waals surface area contributed by atoms with Crippen LogP contribution in [0.4, 0.5) is 16.2 Å². The summed E-state index contributed by atoms with van der Waals surface area (Å²) in [4.78, 5) is 18.3. The molecule has 0 atom stereocenters. The minimum absolute atomic E-state index is 0.200. The van der Waals surface area contributed by atoms with E-state index in [1.807, 2.05) is 36.0 Å². The van der Waals surface area contributed by atoms with Crippen molar-refractivity contribution in [3.05, 3.63) is 59.3 Å². The Morgan fingerprint density at radius 2 is 1.95 bits per heavy atom. The summed E-state index contributed by atoms with van der Waals surface area (Å²) in [6, 6.07) is 12.1. The lowest BCUT2D eigenvalue weighted by molar-refractivity contribution is 0.110. The normalized spacial score (nSPS) is 16.3. The molecule has 5 heterocycles. The van der Waals surface area contributed by atoms with Crippen LogP contribution in [0.5, 0.6) is 0 Å². The van der Waals surface area contributed by atoms with Gasteiger partial charge in [0, 0.05) is 75.1 Å². The van der Waals surface area contributed by atoms with Gasteiger partial charge in [-0.15, -0.1) is 0 Å². The summed E-state index contributed by atoms with van der Waals surface area (Å²) in [6.07, 6.45) is 2.07. The topological polar surface area (TPSA) is 98.8 Å². The van der Waals surface area contributed by atoms with Crippen LogP contribution in [0.1, 0.15) is 36.7 Å². The molecular formula is C29H32FN9. The second-order valence-corrected chi connectivity index (χ2v) is 10.8. The maximum Gasteiger partial charge on any atom is 0.229 e. The second kappa shape index (κ2) is 10.3. The van der Waals surface area contributed by atoms with E-state index in [4.69, 9.17) is 10.2 Å². The van der Waals surface area contributed by atoms with Gasteiger partial charge in [-0.05, 0) is 29.7 Å². The Kier molecular flexibility index (Phi) is 6.71. The number of pyridine rings is 1. The molecule has 0 spiro atoms. The van der Waals surface area contributed by atoms with Gasteiger partial charge in [-0.25, -0.2) is 19.3 Å². The molecule has 0 bridgehead atoms. The molecule has 0 aliphatic carbocycles.